The maximum absolute atomic E-state index is 11.2. The first-order valence-corrected chi connectivity index (χ1v) is 14.7. The van der Waals surface area contributed by atoms with E-state index in [2.05, 4.69) is 96.0 Å². The van der Waals surface area contributed by atoms with E-state index in [1.807, 2.05) is 6.07 Å². The second-order valence-corrected chi connectivity index (χ2v) is 12.1. The van der Waals surface area contributed by atoms with Crippen LogP contribution in [-0.2, 0) is 13.0 Å². The van der Waals surface area contributed by atoms with Crippen LogP contribution in [0, 0.1) is 0 Å². The van der Waals surface area contributed by atoms with Gasteiger partial charge in [0.05, 0.1) is 11.6 Å². The molecule has 0 unspecified atom stereocenters. The van der Waals surface area contributed by atoms with E-state index in [0.717, 1.165) is 42.3 Å². The van der Waals surface area contributed by atoms with E-state index < -0.39 is 6.10 Å². The Morgan fingerprint density at radius 2 is 1.89 bits per heavy atom. The summed E-state index contributed by atoms with van der Waals surface area (Å²) in [4.78, 5) is 8.23. The maximum atomic E-state index is 11.2. The first-order valence-electron chi connectivity index (χ1n) is 13.1. The molecule has 4 nitrogen and oxygen atoms in total. The fourth-order valence-electron chi connectivity index (χ4n) is 5.55. The first-order chi connectivity index (χ1) is 17.8. The molecule has 0 amide bonds. The molecule has 1 aliphatic rings. The third kappa shape index (κ3) is 6.30. The summed E-state index contributed by atoms with van der Waals surface area (Å²) < 4.78 is 0. The molecule has 37 heavy (non-hydrogen) atoms. The van der Waals surface area contributed by atoms with Crippen LogP contribution in [0.5, 0.6) is 0 Å². The molecule has 0 aliphatic carbocycles. The van der Waals surface area contributed by atoms with Crippen molar-refractivity contribution >= 4 is 45.0 Å². The lowest BCUT2D eigenvalue weighted by Crippen LogP contribution is -2.50. The van der Waals surface area contributed by atoms with Gasteiger partial charge in [-0.1, -0.05) is 54.1 Å². The average molecular weight is 534 g/mol. The third-order valence-electron chi connectivity index (χ3n) is 7.53. The minimum Gasteiger partial charge on any atom is -0.390 e. The van der Waals surface area contributed by atoms with E-state index in [0.29, 0.717) is 18.2 Å². The van der Waals surface area contributed by atoms with Crippen LogP contribution < -0.4 is 5.32 Å². The van der Waals surface area contributed by atoms with E-state index in [1.165, 1.54) is 21.2 Å². The number of nitrogens with one attached hydrogen (secondary N) is 1. The number of halogens is 1. The van der Waals surface area contributed by atoms with E-state index in [-0.39, 0.29) is 11.6 Å². The lowest BCUT2D eigenvalue weighted by atomic mass is 9.93. The number of hydrogen-bond acceptors (Lipinski definition) is 5. The van der Waals surface area contributed by atoms with Gasteiger partial charge in [-0.2, -0.15) is 0 Å². The minimum absolute atomic E-state index is 0.105. The molecule has 5 rings (SSSR count). The van der Waals surface area contributed by atoms with Crippen molar-refractivity contribution in [3.05, 3.63) is 83.0 Å². The molecule has 1 saturated heterocycles. The number of likely N-dealkylation sites (tertiary alicyclic amines) is 1. The van der Waals surface area contributed by atoms with E-state index >= 15 is 0 Å². The Morgan fingerprint density at radius 1 is 1.08 bits per heavy atom. The number of rotatable bonds is 9. The standard InChI is InChI=1S/C31H36ClN3OS/c1-31(2,18-21-10-11-22-7-4-5-8-23(22)15-21)33-19-29(36)28-9-6-14-35(28)20-25-16-24-17-26(37-3)12-13-27(24)34-30(25)32/h4-5,7-8,10-13,15-17,28-29,33,36H,6,9,14,18-20H2,1-3H3/t28-,29-/m1/s1. The zero-order chi connectivity index (χ0) is 26.0. The van der Waals surface area contributed by atoms with Gasteiger partial charge in [0.2, 0.25) is 0 Å². The SMILES string of the molecule is CSc1ccc2nc(Cl)c(CN3CCC[C@@H]3[C@H](O)CNC(C)(C)Cc3ccc4ccccc4c3)cc2c1. The van der Waals surface area contributed by atoms with E-state index in [9.17, 15) is 5.11 Å². The quantitative estimate of drug-likeness (QED) is 0.185. The number of hydrogen-bond donors (Lipinski definition) is 2. The number of fused-ring (bicyclic) bond motifs is 2. The minimum atomic E-state index is -0.450. The predicted octanol–water partition coefficient (Wildman–Crippen LogP) is 6.70. The lowest BCUT2D eigenvalue weighted by Gasteiger charge is -2.33. The summed E-state index contributed by atoms with van der Waals surface area (Å²) in [6.07, 6.45) is 4.60. The predicted molar refractivity (Wildman–Crippen MR) is 158 cm³/mol. The highest BCUT2D eigenvalue weighted by Gasteiger charge is 2.32. The van der Waals surface area contributed by atoms with Crippen molar-refractivity contribution < 1.29 is 5.11 Å². The van der Waals surface area contributed by atoms with Crippen LogP contribution in [0.2, 0.25) is 5.15 Å². The number of aromatic nitrogens is 1. The van der Waals surface area contributed by atoms with Crippen molar-refractivity contribution in [1.29, 1.82) is 0 Å². The first kappa shape index (κ1) is 26.5. The summed E-state index contributed by atoms with van der Waals surface area (Å²) in [5.74, 6) is 0. The highest BCUT2D eigenvalue weighted by molar-refractivity contribution is 7.98. The van der Waals surface area contributed by atoms with Crippen molar-refractivity contribution in [2.75, 3.05) is 19.3 Å². The van der Waals surface area contributed by atoms with Gasteiger partial charge in [-0.25, -0.2) is 4.98 Å². The van der Waals surface area contributed by atoms with Crippen LogP contribution in [-0.4, -0.2) is 52.0 Å². The van der Waals surface area contributed by atoms with Crippen LogP contribution in [0.25, 0.3) is 21.7 Å². The average Bonchev–Trinajstić information content (AvgIpc) is 3.35. The molecule has 0 saturated carbocycles. The molecular weight excluding hydrogens is 498 g/mol. The van der Waals surface area contributed by atoms with Gasteiger partial charge in [0.15, 0.2) is 0 Å². The summed E-state index contributed by atoms with van der Waals surface area (Å²) in [6, 6.07) is 23.7. The van der Waals surface area contributed by atoms with E-state index in [4.69, 9.17) is 11.6 Å². The maximum Gasteiger partial charge on any atom is 0.134 e. The fraction of sp³-hybridized carbons (Fsp3) is 0.387. The fourth-order valence-corrected chi connectivity index (χ4v) is 6.21. The molecular formula is C31H36ClN3OS. The van der Waals surface area contributed by atoms with Gasteiger partial charge in [0.25, 0.3) is 0 Å². The molecule has 2 heterocycles. The van der Waals surface area contributed by atoms with Gasteiger partial charge in [0.1, 0.15) is 5.15 Å². The number of aliphatic hydroxyl groups excluding tert-OH is 1. The Bertz CT molecular complexity index is 1390. The molecule has 1 aromatic heterocycles. The second-order valence-electron chi connectivity index (χ2n) is 10.9. The van der Waals surface area contributed by atoms with E-state index in [1.54, 1.807) is 11.8 Å². The summed E-state index contributed by atoms with van der Waals surface area (Å²) >= 11 is 8.33. The smallest absolute Gasteiger partial charge is 0.134 e. The number of benzene rings is 3. The number of β-amino-alcohol motifs (C(OH)–C–C–N with tert-alkyl or cyclic N) is 1. The number of thioether (sulfide) groups is 1. The molecule has 6 heteroatoms. The largest absolute Gasteiger partial charge is 0.390 e. The number of nitrogens with zero attached hydrogens (tertiary/aromatic N) is 2. The molecule has 4 aromatic rings. The van der Waals surface area contributed by atoms with Gasteiger partial charge in [-0.15, -0.1) is 11.8 Å². The molecule has 194 valence electrons. The van der Waals surface area contributed by atoms with Crippen LogP contribution in [0.15, 0.2) is 71.6 Å². The Labute approximate surface area is 229 Å². The summed E-state index contributed by atoms with van der Waals surface area (Å²) in [6.45, 7) is 6.65. The van der Waals surface area contributed by atoms with Crippen LogP contribution in [0.3, 0.4) is 0 Å². The molecule has 0 bridgehead atoms. The van der Waals surface area contributed by atoms with Gasteiger partial charge < -0.3 is 10.4 Å². The summed E-state index contributed by atoms with van der Waals surface area (Å²) in [7, 11) is 0. The highest BCUT2D eigenvalue weighted by Crippen LogP contribution is 2.29. The van der Waals surface area contributed by atoms with Crippen molar-refractivity contribution in [1.82, 2.24) is 15.2 Å². The van der Waals surface area contributed by atoms with Crippen molar-refractivity contribution in [3.8, 4) is 0 Å². The third-order valence-corrected chi connectivity index (χ3v) is 8.58. The van der Waals surface area contributed by atoms with Gasteiger partial charge in [-0.3, -0.25) is 4.90 Å². The second kappa shape index (κ2) is 11.3. The molecule has 0 spiro atoms. The van der Waals surface area contributed by atoms with Crippen LogP contribution in [0.1, 0.15) is 37.8 Å². The topological polar surface area (TPSA) is 48.4 Å². The van der Waals surface area contributed by atoms with Gasteiger partial charge >= 0.3 is 0 Å². The monoisotopic (exact) mass is 533 g/mol. The molecule has 0 radical (unpaired) electrons. The Morgan fingerprint density at radius 3 is 2.70 bits per heavy atom. The molecule has 3 aromatic carbocycles. The summed E-state index contributed by atoms with van der Waals surface area (Å²) in [5, 5.41) is 19.1. The zero-order valence-electron chi connectivity index (χ0n) is 21.9. The Balaban J connectivity index is 1.22. The van der Waals surface area contributed by atoms with Gasteiger partial charge in [0, 0.05) is 40.5 Å². The molecule has 1 fully saturated rings. The molecule has 2 N–H and O–H groups in total. The summed E-state index contributed by atoms with van der Waals surface area (Å²) in [5.41, 5.74) is 3.11. The van der Waals surface area contributed by atoms with Crippen molar-refractivity contribution in [2.45, 2.75) is 62.2 Å². The lowest BCUT2D eigenvalue weighted by molar-refractivity contribution is 0.0633. The van der Waals surface area contributed by atoms with Crippen molar-refractivity contribution in [2.24, 2.45) is 0 Å². The highest BCUT2D eigenvalue weighted by atomic mass is 35.5. The van der Waals surface area contributed by atoms with Crippen molar-refractivity contribution in [3.63, 3.8) is 0 Å². The number of aliphatic hydroxyl groups is 1. The zero-order valence-corrected chi connectivity index (χ0v) is 23.4. The van der Waals surface area contributed by atoms with Crippen LogP contribution >= 0.6 is 23.4 Å². The number of pyridine rings is 1. The Hall–Kier alpha value is -2.15. The van der Waals surface area contributed by atoms with Gasteiger partial charge in [-0.05, 0) is 86.5 Å². The normalized spacial score (nSPS) is 17.6. The molecule has 1 aliphatic heterocycles. The van der Waals surface area contributed by atoms with Crippen LogP contribution in [0.4, 0.5) is 0 Å². The Kier molecular flexibility index (Phi) is 8.08. The molecule has 2 atom stereocenters.